The number of nitrogens with one attached hydrogen (secondary N) is 1. The molecule has 1 amide bonds. The largest absolute Gasteiger partial charge is 0.338 e. The van der Waals surface area contributed by atoms with Crippen LogP contribution in [0.5, 0.6) is 0 Å². The Morgan fingerprint density at radius 1 is 1.36 bits per heavy atom. The predicted molar refractivity (Wildman–Crippen MR) is 112 cm³/mol. The summed E-state index contributed by atoms with van der Waals surface area (Å²) in [6.45, 7) is 8.33. The molecule has 1 atom stereocenters. The van der Waals surface area contributed by atoms with Gasteiger partial charge in [0.25, 0.3) is 0 Å². The number of aromatic nitrogens is 2. The lowest BCUT2D eigenvalue weighted by Crippen LogP contribution is -2.39. The molecule has 28 heavy (non-hydrogen) atoms. The Hall–Kier alpha value is -2.25. The SMILES string of the molecule is CC(C)(C)c1cc(NC(=O)CN2CCC[C@@H](c3nc4ccccc4s3)C2)on1. The first-order chi connectivity index (χ1) is 13.4. The lowest BCUT2D eigenvalue weighted by Gasteiger charge is -2.31. The molecule has 7 heteroatoms. The summed E-state index contributed by atoms with van der Waals surface area (Å²) in [4.78, 5) is 19.5. The number of nitrogens with zero attached hydrogens (tertiary/aromatic N) is 3. The van der Waals surface area contributed by atoms with Gasteiger partial charge < -0.3 is 4.52 Å². The number of piperidine rings is 1. The molecular formula is C21H26N4O2S. The van der Waals surface area contributed by atoms with E-state index in [-0.39, 0.29) is 11.3 Å². The first kappa shape index (κ1) is 19.1. The minimum absolute atomic E-state index is 0.0680. The van der Waals surface area contributed by atoms with Crippen LogP contribution in [0.25, 0.3) is 10.2 Å². The third-order valence-electron chi connectivity index (χ3n) is 5.07. The molecule has 3 aromatic rings. The van der Waals surface area contributed by atoms with E-state index in [4.69, 9.17) is 9.51 Å². The zero-order valence-electron chi connectivity index (χ0n) is 16.6. The Morgan fingerprint density at radius 2 is 2.18 bits per heavy atom. The fourth-order valence-corrected chi connectivity index (χ4v) is 4.63. The van der Waals surface area contributed by atoms with Gasteiger partial charge in [-0.25, -0.2) is 4.98 Å². The fourth-order valence-electron chi connectivity index (χ4n) is 3.53. The number of para-hydroxylation sites is 1. The highest BCUT2D eigenvalue weighted by Gasteiger charge is 2.26. The van der Waals surface area contributed by atoms with Crippen LogP contribution in [-0.2, 0) is 10.2 Å². The molecule has 0 unspecified atom stereocenters. The molecule has 1 N–H and O–H groups in total. The molecule has 3 heterocycles. The third-order valence-corrected chi connectivity index (χ3v) is 6.27. The normalized spacial score (nSPS) is 18.5. The molecule has 0 spiro atoms. The third kappa shape index (κ3) is 4.25. The van der Waals surface area contributed by atoms with Crippen LogP contribution in [0.2, 0.25) is 0 Å². The summed E-state index contributed by atoms with van der Waals surface area (Å²) in [7, 11) is 0. The predicted octanol–water partition coefficient (Wildman–Crippen LogP) is 4.40. The monoisotopic (exact) mass is 398 g/mol. The van der Waals surface area contributed by atoms with E-state index < -0.39 is 0 Å². The Kier molecular flexibility index (Phi) is 5.21. The molecular weight excluding hydrogens is 372 g/mol. The van der Waals surface area contributed by atoms with Crippen molar-refractivity contribution in [1.82, 2.24) is 15.0 Å². The average Bonchev–Trinajstić information content (AvgIpc) is 3.28. The van der Waals surface area contributed by atoms with Crippen LogP contribution in [-0.4, -0.2) is 40.6 Å². The molecule has 1 fully saturated rings. The summed E-state index contributed by atoms with van der Waals surface area (Å²) in [6.07, 6.45) is 2.19. The summed E-state index contributed by atoms with van der Waals surface area (Å²) in [5.41, 5.74) is 1.79. The molecule has 1 aromatic carbocycles. The molecule has 1 aliphatic rings. The zero-order chi connectivity index (χ0) is 19.7. The van der Waals surface area contributed by atoms with Crippen LogP contribution in [0.1, 0.15) is 50.2 Å². The van der Waals surface area contributed by atoms with E-state index in [0.717, 1.165) is 37.1 Å². The number of rotatable bonds is 4. The van der Waals surface area contributed by atoms with Gasteiger partial charge in [0.1, 0.15) is 0 Å². The van der Waals surface area contributed by atoms with Gasteiger partial charge in [-0.15, -0.1) is 11.3 Å². The molecule has 1 aliphatic heterocycles. The van der Waals surface area contributed by atoms with Gasteiger partial charge in [0.15, 0.2) is 0 Å². The number of likely N-dealkylation sites (tertiary alicyclic amines) is 1. The zero-order valence-corrected chi connectivity index (χ0v) is 17.4. The number of fused-ring (bicyclic) bond motifs is 1. The standard InChI is InChI=1S/C21H26N4O2S/c1-21(2,3)17-11-19(27-24-17)23-18(26)13-25-10-6-7-14(12-25)20-22-15-8-4-5-9-16(15)28-20/h4-5,8-9,11,14H,6-7,10,12-13H2,1-3H3,(H,23,26)/t14-/m1/s1. The highest BCUT2D eigenvalue weighted by Crippen LogP contribution is 2.33. The van der Waals surface area contributed by atoms with Crippen LogP contribution >= 0.6 is 11.3 Å². The number of hydrogen-bond donors (Lipinski definition) is 1. The molecule has 1 saturated heterocycles. The summed E-state index contributed by atoms with van der Waals surface area (Å²) in [5, 5.41) is 8.06. The number of amides is 1. The van der Waals surface area contributed by atoms with Gasteiger partial charge in [-0.2, -0.15) is 0 Å². The van der Waals surface area contributed by atoms with E-state index in [0.29, 0.717) is 18.3 Å². The maximum atomic E-state index is 12.5. The Balaban J connectivity index is 1.36. The van der Waals surface area contributed by atoms with Crippen LogP contribution in [0.15, 0.2) is 34.9 Å². The number of thiazole rings is 1. The van der Waals surface area contributed by atoms with E-state index in [1.807, 2.05) is 6.07 Å². The van der Waals surface area contributed by atoms with Gasteiger partial charge in [-0.1, -0.05) is 38.1 Å². The van der Waals surface area contributed by atoms with Crippen molar-refractivity contribution in [3.05, 3.63) is 41.0 Å². The highest BCUT2D eigenvalue weighted by atomic mass is 32.1. The molecule has 0 aliphatic carbocycles. The number of carbonyl (C=O) groups excluding carboxylic acids is 1. The molecule has 148 valence electrons. The van der Waals surface area contributed by atoms with Crippen LogP contribution in [0, 0.1) is 0 Å². The second kappa shape index (κ2) is 7.64. The van der Waals surface area contributed by atoms with Crippen molar-refractivity contribution in [3.63, 3.8) is 0 Å². The number of anilines is 1. The molecule has 4 rings (SSSR count). The molecule has 0 bridgehead atoms. The lowest BCUT2D eigenvalue weighted by atomic mass is 9.92. The summed E-state index contributed by atoms with van der Waals surface area (Å²) >= 11 is 1.77. The van der Waals surface area contributed by atoms with Crippen molar-refractivity contribution < 1.29 is 9.32 Å². The molecule has 6 nitrogen and oxygen atoms in total. The van der Waals surface area contributed by atoms with Gasteiger partial charge in [0.05, 0.1) is 27.5 Å². The van der Waals surface area contributed by atoms with Gasteiger partial charge in [-0.3, -0.25) is 15.0 Å². The quantitative estimate of drug-likeness (QED) is 0.705. The second-order valence-corrected chi connectivity index (χ2v) is 9.53. The maximum Gasteiger partial charge on any atom is 0.240 e. The molecule has 0 radical (unpaired) electrons. The van der Waals surface area contributed by atoms with E-state index in [9.17, 15) is 4.79 Å². The maximum absolute atomic E-state index is 12.5. The summed E-state index contributed by atoms with van der Waals surface area (Å²) in [5.74, 6) is 0.730. The number of carbonyl (C=O) groups is 1. The average molecular weight is 399 g/mol. The van der Waals surface area contributed by atoms with Crippen molar-refractivity contribution >= 4 is 33.3 Å². The van der Waals surface area contributed by atoms with Gasteiger partial charge >= 0.3 is 0 Å². The second-order valence-electron chi connectivity index (χ2n) is 8.47. The number of hydrogen-bond acceptors (Lipinski definition) is 6. The Morgan fingerprint density at radius 3 is 2.93 bits per heavy atom. The molecule has 0 saturated carbocycles. The van der Waals surface area contributed by atoms with E-state index in [1.54, 1.807) is 17.4 Å². The van der Waals surface area contributed by atoms with Gasteiger partial charge in [0.2, 0.25) is 11.8 Å². The van der Waals surface area contributed by atoms with Crippen LogP contribution in [0.4, 0.5) is 5.88 Å². The van der Waals surface area contributed by atoms with Crippen molar-refractivity contribution in [3.8, 4) is 0 Å². The van der Waals surface area contributed by atoms with E-state index in [1.165, 1.54) is 9.71 Å². The minimum atomic E-state index is -0.107. The lowest BCUT2D eigenvalue weighted by molar-refractivity contribution is -0.117. The highest BCUT2D eigenvalue weighted by molar-refractivity contribution is 7.18. The van der Waals surface area contributed by atoms with Gasteiger partial charge in [-0.05, 0) is 31.5 Å². The molecule has 2 aromatic heterocycles. The Bertz CT molecular complexity index is 939. The van der Waals surface area contributed by atoms with Crippen molar-refractivity contribution in [2.45, 2.75) is 44.9 Å². The van der Waals surface area contributed by atoms with Crippen molar-refractivity contribution in [2.75, 3.05) is 25.0 Å². The number of benzene rings is 1. The summed E-state index contributed by atoms with van der Waals surface area (Å²) in [6, 6.07) is 10.1. The van der Waals surface area contributed by atoms with E-state index >= 15 is 0 Å². The first-order valence-corrected chi connectivity index (χ1v) is 10.5. The van der Waals surface area contributed by atoms with Gasteiger partial charge in [0, 0.05) is 23.9 Å². The first-order valence-electron chi connectivity index (χ1n) is 9.73. The minimum Gasteiger partial charge on any atom is -0.338 e. The smallest absolute Gasteiger partial charge is 0.240 e. The van der Waals surface area contributed by atoms with Crippen LogP contribution < -0.4 is 5.32 Å². The fraction of sp³-hybridized carbons (Fsp3) is 0.476. The topological polar surface area (TPSA) is 71.3 Å². The van der Waals surface area contributed by atoms with Crippen LogP contribution in [0.3, 0.4) is 0 Å². The van der Waals surface area contributed by atoms with Crippen molar-refractivity contribution in [2.24, 2.45) is 0 Å². The van der Waals surface area contributed by atoms with Crippen molar-refractivity contribution in [1.29, 1.82) is 0 Å². The summed E-state index contributed by atoms with van der Waals surface area (Å²) < 4.78 is 6.50. The Labute approximate surface area is 168 Å². The van der Waals surface area contributed by atoms with E-state index in [2.05, 4.69) is 54.3 Å².